The van der Waals surface area contributed by atoms with Crippen LogP contribution in [0.4, 0.5) is 5.13 Å². The second-order valence-corrected chi connectivity index (χ2v) is 5.61. The molecule has 0 aliphatic heterocycles. The SMILES string of the molecule is CCOC(=O)c1nc(NCc2ccsc2)sc1C. The first-order chi connectivity index (χ1) is 8.70. The molecule has 0 atom stereocenters. The molecular weight excluding hydrogens is 268 g/mol. The molecule has 0 aliphatic rings. The fourth-order valence-corrected chi connectivity index (χ4v) is 2.90. The fraction of sp³-hybridized carbons (Fsp3) is 0.333. The summed E-state index contributed by atoms with van der Waals surface area (Å²) in [6, 6.07) is 2.06. The van der Waals surface area contributed by atoms with Crippen LogP contribution in [0.15, 0.2) is 16.8 Å². The van der Waals surface area contributed by atoms with E-state index >= 15 is 0 Å². The molecule has 2 aromatic heterocycles. The van der Waals surface area contributed by atoms with E-state index in [0.717, 1.165) is 16.6 Å². The van der Waals surface area contributed by atoms with Crippen molar-refractivity contribution < 1.29 is 9.53 Å². The first-order valence-electron chi connectivity index (χ1n) is 5.60. The molecule has 0 bridgehead atoms. The highest BCUT2D eigenvalue weighted by atomic mass is 32.1. The van der Waals surface area contributed by atoms with Gasteiger partial charge in [0.15, 0.2) is 10.8 Å². The molecule has 0 amide bonds. The van der Waals surface area contributed by atoms with Gasteiger partial charge in [-0.2, -0.15) is 11.3 Å². The molecule has 18 heavy (non-hydrogen) atoms. The lowest BCUT2D eigenvalue weighted by atomic mass is 10.3. The third-order valence-corrected chi connectivity index (χ3v) is 3.95. The Morgan fingerprint density at radius 2 is 2.39 bits per heavy atom. The number of aryl methyl sites for hydroxylation is 1. The fourth-order valence-electron chi connectivity index (χ4n) is 1.43. The average Bonchev–Trinajstić information content (AvgIpc) is 2.96. The summed E-state index contributed by atoms with van der Waals surface area (Å²) in [4.78, 5) is 16.7. The third-order valence-electron chi connectivity index (χ3n) is 2.29. The maximum atomic E-state index is 11.6. The zero-order chi connectivity index (χ0) is 13.0. The number of hydrogen-bond acceptors (Lipinski definition) is 6. The van der Waals surface area contributed by atoms with Crippen molar-refractivity contribution in [2.75, 3.05) is 11.9 Å². The van der Waals surface area contributed by atoms with E-state index in [9.17, 15) is 4.79 Å². The van der Waals surface area contributed by atoms with Crippen molar-refractivity contribution in [1.82, 2.24) is 4.98 Å². The van der Waals surface area contributed by atoms with Crippen molar-refractivity contribution in [3.63, 3.8) is 0 Å². The zero-order valence-electron chi connectivity index (χ0n) is 10.2. The first-order valence-corrected chi connectivity index (χ1v) is 7.36. The Kier molecular flexibility index (Phi) is 4.33. The number of anilines is 1. The van der Waals surface area contributed by atoms with Crippen LogP contribution in [0.25, 0.3) is 0 Å². The Balaban J connectivity index is 2.02. The van der Waals surface area contributed by atoms with Gasteiger partial charge in [-0.1, -0.05) is 0 Å². The second-order valence-electron chi connectivity index (χ2n) is 3.63. The molecule has 0 saturated carbocycles. The number of thiazole rings is 1. The van der Waals surface area contributed by atoms with E-state index in [0.29, 0.717) is 12.3 Å². The lowest BCUT2D eigenvalue weighted by Gasteiger charge is -1.99. The lowest BCUT2D eigenvalue weighted by Crippen LogP contribution is -2.07. The monoisotopic (exact) mass is 282 g/mol. The first kappa shape index (κ1) is 13.0. The summed E-state index contributed by atoms with van der Waals surface area (Å²) in [5.41, 5.74) is 1.63. The summed E-state index contributed by atoms with van der Waals surface area (Å²) < 4.78 is 4.95. The second kappa shape index (κ2) is 5.97. The van der Waals surface area contributed by atoms with Gasteiger partial charge < -0.3 is 10.1 Å². The van der Waals surface area contributed by atoms with E-state index in [-0.39, 0.29) is 5.97 Å². The molecule has 0 unspecified atom stereocenters. The van der Waals surface area contributed by atoms with Crippen LogP contribution >= 0.6 is 22.7 Å². The minimum absolute atomic E-state index is 0.352. The topological polar surface area (TPSA) is 51.2 Å². The Bertz CT molecular complexity index is 520. The summed E-state index contributed by atoms with van der Waals surface area (Å²) in [6.07, 6.45) is 0. The van der Waals surface area contributed by atoms with E-state index in [4.69, 9.17) is 4.74 Å². The molecule has 6 heteroatoms. The molecule has 1 N–H and O–H groups in total. The van der Waals surface area contributed by atoms with Crippen LogP contribution in [-0.2, 0) is 11.3 Å². The highest BCUT2D eigenvalue weighted by molar-refractivity contribution is 7.15. The van der Waals surface area contributed by atoms with Crippen molar-refractivity contribution >= 4 is 33.8 Å². The molecule has 2 heterocycles. The van der Waals surface area contributed by atoms with E-state index < -0.39 is 0 Å². The van der Waals surface area contributed by atoms with Gasteiger partial charge >= 0.3 is 5.97 Å². The predicted molar refractivity (Wildman–Crippen MR) is 74.5 cm³/mol. The minimum atomic E-state index is -0.352. The van der Waals surface area contributed by atoms with Crippen LogP contribution in [0.2, 0.25) is 0 Å². The van der Waals surface area contributed by atoms with E-state index in [1.807, 2.05) is 12.3 Å². The summed E-state index contributed by atoms with van der Waals surface area (Å²) >= 11 is 3.13. The van der Waals surface area contributed by atoms with Crippen LogP contribution in [0, 0.1) is 6.92 Å². The van der Waals surface area contributed by atoms with Crippen LogP contribution < -0.4 is 5.32 Å². The highest BCUT2D eigenvalue weighted by Crippen LogP contribution is 2.23. The van der Waals surface area contributed by atoms with Gasteiger partial charge in [0.2, 0.25) is 0 Å². The average molecular weight is 282 g/mol. The van der Waals surface area contributed by atoms with Gasteiger partial charge in [-0.3, -0.25) is 0 Å². The number of aromatic nitrogens is 1. The summed E-state index contributed by atoms with van der Waals surface area (Å²) in [7, 11) is 0. The van der Waals surface area contributed by atoms with Gasteiger partial charge in [-0.05, 0) is 36.2 Å². The molecule has 0 fully saturated rings. The van der Waals surface area contributed by atoms with Gasteiger partial charge in [0.1, 0.15) is 0 Å². The van der Waals surface area contributed by atoms with Crippen LogP contribution in [-0.4, -0.2) is 17.6 Å². The van der Waals surface area contributed by atoms with Gasteiger partial charge in [0.25, 0.3) is 0 Å². The number of nitrogens with zero attached hydrogens (tertiary/aromatic N) is 1. The molecule has 0 aromatic carbocycles. The molecule has 0 aliphatic carbocycles. The van der Waals surface area contributed by atoms with Gasteiger partial charge in [-0.15, -0.1) is 11.3 Å². The maximum absolute atomic E-state index is 11.6. The number of carbonyl (C=O) groups is 1. The lowest BCUT2D eigenvalue weighted by molar-refractivity contribution is 0.0519. The quantitative estimate of drug-likeness (QED) is 0.855. The summed E-state index contributed by atoms with van der Waals surface area (Å²) in [6.45, 7) is 4.75. The van der Waals surface area contributed by atoms with E-state index in [1.165, 1.54) is 16.9 Å². The Morgan fingerprint density at radius 1 is 1.56 bits per heavy atom. The van der Waals surface area contributed by atoms with Crippen molar-refractivity contribution in [2.45, 2.75) is 20.4 Å². The van der Waals surface area contributed by atoms with Gasteiger partial charge in [0.05, 0.1) is 6.61 Å². The molecule has 4 nitrogen and oxygen atoms in total. The Labute approximate surface area is 114 Å². The van der Waals surface area contributed by atoms with Gasteiger partial charge in [-0.25, -0.2) is 9.78 Å². The van der Waals surface area contributed by atoms with Crippen LogP contribution in [0.5, 0.6) is 0 Å². The zero-order valence-corrected chi connectivity index (χ0v) is 11.9. The normalized spacial score (nSPS) is 10.3. The molecule has 2 aromatic rings. The molecule has 96 valence electrons. The Morgan fingerprint density at radius 3 is 3.06 bits per heavy atom. The Hall–Kier alpha value is -1.40. The number of esters is 1. The third kappa shape index (κ3) is 3.08. The maximum Gasteiger partial charge on any atom is 0.358 e. The molecule has 0 saturated heterocycles. The van der Waals surface area contributed by atoms with Gasteiger partial charge in [0, 0.05) is 11.4 Å². The van der Waals surface area contributed by atoms with E-state index in [2.05, 4.69) is 21.7 Å². The summed E-state index contributed by atoms with van der Waals surface area (Å²) in [5.74, 6) is -0.352. The number of ether oxygens (including phenoxy) is 1. The highest BCUT2D eigenvalue weighted by Gasteiger charge is 2.16. The number of carbonyl (C=O) groups excluding carboxylic acids is 1. The number of nitrogens with one attached hydrogen (secondary N) is 1. The smallest absolute Gasteiger partial charge is 0.358 e. The number of rotatable bonds is 5. The minimum Gasteiger partial charge on any atom is -0.461 e. The standard InChI is InChI=1S/C12H14N2O2S2/c1-3-16-11(15)10-8(2)18-12(14-10)13-6-9-4-5-17-7-9/h4-5,7H,3,6H2,1-2H3,(H,13,14). The summed E-state index contributed by atoms with van der Waals surface area (Å²) in [5, 5.41) is 8.08. The van der Waals surface area contributed by atoms with E-state index in [1.54, 1.807) is 18.3 Å². The largest absolute Gasteiger partial charge is 0.461 e. The molecule has 2 rings (SSSR count). The van der Waals surface area contributed by atoms with Crippen molar-refractivity contribution in [2.24, 2.45) is 0 Å². The number of hydrogen-bond donors (Lipinski definition) is 1. The predicted octanol–water partition coefficient (Wildman–Crippen LogP) is 3.30. The van der Waals surface area contributed by atoms with Crippen molar-refractivity contribution in [3.05, 3.63) is 33.0 Å². The molecular formula is C12H14N2O2S2. The molecule has 0 radical (unpaired) electrons. The molecule has 0 spiro atoms. The van der Waals surface area contributed by atoms with Crippen LogP contribution in [0.1, 0.15) is 27.9 Å². The van der Waals surface area contributed by atoms with Crippen molar-refractivity contribution in [1.29, 1.82) is 0 Å². The van der Waals surface area contributed by atoms with Crippen molar-refractivity contribution in [3.8, 4) is 0 Å². The number of thiophene rings is 1. The van der Waals surface area contributed by atoms with Crippen LogP contribution in [0.3, 0.4) is 0 Å².